The maximum atomic E-state index is 12.4. The van der Waals surface area contributed by atoms with Gasteiger partial charge in [0.25, 0.3) is 0 Å². The quantitative estimate of drug-likeness (QED) is 0.849. The average molecular weight is 320 g/mol. The summed E-state index contributed by atoms with van der Waals surface area (Å²) >= 11 is 0. The van der Waals surface area contributed by atoms with Crippen molar-refractivity contribution in [3.8, 4) is 0 Å². The zero-order chi connectivity index (χ0) is 16.4. The average Bonchev–Trinajstić information content (AvgIpc) is 2.86. The van der Waals surface area contributed by atoms with E-state index in [-0.39, 0.29) is 23.0 Å². The van der Waals surface area contributed by atoms with Gasteiger partial charge < -0.3 is 0 Å². The van der Waals surface area contributed by atoms with E-state index in [9.17, 15) is 8.42 Å². The van der Waals surface area contributed by atoms with Crippen molar-refractivity contribution in [2.45, 2.75) is 44.9 Å². The Bertz CT molecular complexity index is 713. The lowest BCUT2D eigenvalue weighted by Crippen LogP contribution is -2.22. The summed E-state index contributed by atoms with van der Waals surface area (Å²) in [6.07, 6.45) is 3.47. The van der Waals surface area contributed by atoms with Crippen molar-refractivity contribution in [3.63, 3.8) is 0 Å². The van der Waals surface area contributed by atoms with Gasteiger partial charge in [0, 0.05) is 11.8 Å². The molecule has 0 amide bonds. The zero-order valence-electron chi connectivity index (χ0n) is 13.7. The first-order chi connectivity index (χ1) is 10.2. The summed E-state index contributed by atoms with van der Waals surface area (Å²) in [5.41, 5.74) is 1.66. The first-order valence-corrected chi connectivity index (χ1v) is 9.29. The molecule has 2 aromatic rings. The SMILES string of the molecule is CC(CS(=O)(=O)Cc1cnn(C(C)(C)C)c1)c1ccccc1. The molecule has 1 aromatic carbocycles. The van der Waals surface area contributed by atoms with Gasteiger partial charge in [0.1, 0.15) is 0 Å². The van der Waals surface area contributed by atoms with Gasteiger partial charge in [0.05, 0.1) is 23.2 Å². The van der Waals surface area contributed by atoms with Crippen LogP contribution in [0.25, 0.3) is 0 Å². The van der Waals surface area contributed by atoms with Gasteiger partial charge in [-0.05, 0) is 32.3 Å². The molecule has 0 fully saturated rings. The van der Waals surface area contributed by atoms with E-state index in [0.29, 0.717) is 0 Å². The topological polar surface area (TPSA) is 52.0 Å². The highest BCUT2D eigenvalue weighted by atomic mass is 32.2. The first-order valence-electron chi connectivity index (χ1n) is 7.47. The van der Waals surface area contributed by atoms with Gasteiger partial charge >= 0.3 is 0 Å². The lowest BCUT2D eigenvalue weighted by molar-refractivity contribution is 0.355. The summed E-state index contributed by atoms with van der Waals surface area (Å²) < 4.78 is 26.6. The van der Waals surface area contributed by atoms with Crippen molar-refractivity contribution in [2.24, 2.45) is 0 Å². The summed E-state index contributed by atoms with van der Waals surface area (Å²) in [7, 11) is -3.17. The molecule has 2 rings (SSSR count). The molecule has 0 spiro atoms. The van der Waals surface area contributed by atoms with Crippen molar-refractivity contribution in [2.75, 3.05) is 5.75 Å². The molecule has 1 aromatic heterocycles. The minimum absolute atomic E-state index is 0.0103. The molecule has 5 heteroatoms. The highest BCUT2D eigenvalue weighted by molar-refractivity contribution is 7.90. The van der Waals surface area contributed by atoms with E-state index in [0.717, 1.165) is 11.1 Å². The van der Waals surface area contributed by atoms with Crippen LogP contribution in [-0.4, -0.2) is 24.0 Å². The molecule has 0 radical (unpaired) electrons. The van der Waals surface area contributed by atoms with Gasteiger partial charge in [-0.1, -0.05) is 37.3 Å². The normalized spacial score (nSPS) is 14.0. The number of aromatic nitrogens is 2. The predicted octanol–water partition coefficient (Wildman–Crippen LogP) is 3.36. The van der Waals surface area contributed by atoms with E-state index in [4.69, 9.17) is 0 Å². The van der Waals surface area contributed by atoms with E-state index in [1.165, 1.54) is 0 Å². The Morgan fingerprint density at radius 3 is 2.36 bits per heavy atom. The summed E-state index contributed by atoms with van der Waals surface area (Å²) in [5.74, 6) is 0.182. The summed E-state index contributed by atoms with van der Waals surface area (Å²) in [6.45, 7) is 8.06. The third-order valence-corrected chi connectivity index (χ3v) is 5.36. The monoisotopic (exact) mass is 320 g/mol. The van der Waals surface area contributed by atoms with Crippen LogP contribution in [0.1, 0.15) is 44.7 Å². The van der Waals surface area contributed by atoms with Crippen LogP contribution in [0.15, 0.2) is 42.7 Å². The molecular weight excluding hydrogens is 296 g/mol. The molecule has 1 heterocycles. The van der Waals surface area contributed by atoms with Crippen molar-refractivity contribution in [3.05, 3.63) is 53.9 Å². The fourth-order valence-electron chi connectivity index (χ4n) is 2.37. The lowest BCUT2D eigenvalue weighted by atomic mass is 10.0. The number of sulfone groups is 1. The fourth-order valence-corrected chi connectivity index (χ4v) is 4.10. The van der Waals surface area contributed by atoms with Crippen molar-refractivity contribution < 1.29 is 8.42 Å². The fraction of sp³-hybridized carbons (Fsp3) is 0.471. The van der Waals surface area contributed by atoms with Crippen LogP contribution in [-0.2, 0) is 21.1 Å². The molecule has 0 aliphatic rings. The molecule has 0 bridgehead atoms. The molecule has 0 saturated heterocycles. The van der Waals surface area contributed by atoms with E-state index in [2.05, 4.69) is 5.10 Å². The van der Waals surface area contributed by atoms with Gasteiger partial charge in [0.2, 0.25) is 0 Å². The smallest absolute Gasteiger partial charge is 0.155 e. The van der Waals surface area contributed by atoms with Crippen LogP contribution in [0.2, 0.25) is 0 Å². The molecular formula is C17H24N2O2S. The van der Waals surface area contributed by atoms with Crippen LogP contribution in [0.3, 0.4) is 0 Å². The summed E-state index contributed by atoms with van der Waals surface area (Å²) in [6, 6.07) is 9.75. The minimum atomic E-state index is -3.17. The van der Waals surface area contributed by atoms with Crippen LogP contribution >= 0.6 is 0 Å². The van der Waals surface area contributed by atoms with Crippen LogP contribution < -0.4 is 0 Å². The molecule has 0 aliphatic carbocycles. The lowest BCUT2D eigenvalue weighted by Gasteiger charge is -2.18. The first kappa shape index (κ1) is 16.7. The van der Waals surface area contributed by atoms with E-state index < -0.39 is 9.84 Å². The maximum absolute atomic E-state index is 12.4. The zero-order valence-corrected chi connectivity index (χ0v) is 14.5. The second-order valence-electron chi connectivity index (χ2n) is 6.83. The minimum Gasteiger partial charge on any atom is -0.267 e. The second-order valence-corrected chi connectivity index (χ2v) is 8.94. The highest BCUT2D eigenvalue weighted by Gasteiger charge is 2.20. The predicted molar refractivity (Wildman–Crippen MR) is 89.6 cm³/mol. The highest BCUT2D eigenvalue weighted by Crippen LogP contribution is 2.20. The van der Waals surface area contributed by atoms with Gasteiger partial charge in [-0.2, -0.15) is 5.10 Å². The van der Waals surface area contributed by atoms with Gasteiger partial charge in [-0.3, -0.25) is 4.68 Å². The third kappa shape index (κ3) is 4.44. The van der Waals surface area contributed by atoms with Gasteiger partial charge in [0.15, 0.2) is 9.84 Å². The molecule has 22 heavy (non-hydrogen) atoms. The van der Waals surface area contributed by atoms with Crippen LogP contribution in [0.5, 0.6) is 0 Å². The third-order valence-electron chi connectivity index (χ3n) is 3.58. The van der Waals surface area contributed by atoms with Crippen LogP contribution in [0, 0.1) is 0 Å². The second kappa shape index (κ2) is 6.24. The van der Waals surface area contributed by atoms with E-state index in [1.54, 1.807) is 10.9 Å². The number of benzene rings is 1. The number of hydrogen-bond donors (Lipinski definition) is 0. The molecule has 4 nitrogen and oxygen atoms in total. The van der Waals surface area contributed by atoms with Crippen molar-refractivity contribution >= 4 is 9.84 Å². The number of rotatable bonds is 5. The molecule has 0 saturated carbocycles. The van der Waals surface area contributed by atoms with Crippen molar-refractivity contribution in [1.82, 2.24) is 9.78 Å². The molecule has 1 unspecified atom stereocenters. The Morgan fingerprint density at radius 1 is 1.18 bits per heavy atom. The Hall–Kier alpha value is -1.62. The number of nitrogens with zero attached hydrogens (tertiary/aromatic N) is 2. The summed E-state index contributed by atoms with van der Waals surface area (Å²) in [5, 5.41) is 4.26. The summed E-state index contributed by atoms with van der Waals surface area (Å²) in [4.78, 5) is 0. The van der Waals surface area contributed by atoms with Crippen LogP contribution in [0.4, 0.5) is 0 Å². The van der Waals surface area contributed by atoms with Crippen molar-refractivity contribution in [1.29, 1.82) is 0 Å². The molecule has 120 valence electrons. The standard InChI is InChI=1S/C17H24N2O2S/c1-14(16-8-6-5-7-9-16)12-22(20,21)13-15-10-18-19(11-15)17(2,3)4/h5-11,14H,12-13H2,1-4H3. The molecule has 0 N–H and O–H groups in total. The Kier molecular flexibility index (Phi) is 4.75. The molecule has 0 aliphatic heterocycles. The Morgan fingerprint density at radius 2 is 1.82 bits per heavy atom. The van der Waals surface area contributed by atoms with Gasteiger partial charge in [-0.15, -0.1) is 0 Å². The Labute approximate surface area is 133 Å². The van der Waals surface area contributed by atoms with Gasteiger partial charge in [-0.25, -0.2) is 8.42 Å². The van der Waals surface area contributed by atoms with E-state index >= 15 is 0 Å². The number of hydrogen-bond acceptors (Lipinski definition) is 3. The molecule has 1 atom stereocenters. The largest absolute Gasteiger partial charge is 0.267 e. The Balaban J connectivity index is 2.07. The maximum Gasteiger partial charge on any atom is 0.155 e. The van der Waals surface area contributed by atoms with E-state index in [1.807, 2.05) is 64.2 Å².